The van der Waals surface area contributed by atoms with Crippen molar-refractivity contribution in [1.82, 2.24) is 15.5 Å². The van der Waals surface area contributed by atoms with Crippen LogP contribution in [0.2, 0.25) is 0 Å². The Hall–Kier alpha value is -3.27. The van der Waals surface area contributed by atoms with Crippen LogP contribution >= 0.6 is 0 Å². The van der Waals surface area contributed by atoms with E-state index in [1.165, 1.54) is 24.3 Å². The third-order valence-electron chi connectivity index (χ3n) is 3.80. The summed E-state index contributed by atoms with van der Waals surface area (Å²) >= 11 is 0. The van der Waals surface area contributed by atoms with Gasteiger partial charge in [0.1, 0.15) is 11.9 Å². The maximum absolute atomic E-state index is 12.9. The third-order valence-corrected chi connectivity index (χ3v) is 3.80. The first kappa shape index (κ1) is 19.5. The van der Waals surface area contributed by atoms with E-state index in [0.717, 1.165) is 24.3 Å². The number of carbonyl (C=O) groups excluding carboxylic acids is 1. The third kappa shape index (κ3) is 4.34. The Morgan fingerprint density at radius 3 is 2.32 bits per heavy atom. The number of aliphatic hydroxyl groups excluding tert-OH is 1. The lowest BCUT2D eigenvalue weighted by molar-refractivity contribution is -0.137. The van der Waals surface area contributed by atoms with Gasteiger partial charge in [0.25, 0.3) is 11.8 Å². The monoisotopic (exact) mass is 395 g/mol. The summed E-state index contributed by atoms with van der Waals surface area (Å²) in [5, 5.41) is 15.6. The second-order valence-corrected chi connectivity index (χ2v) is 5.75. The van der Waals surface area contributed by atoms with Crippen LogP contribution in [-0.4, -0.2) is 27.8 Å². The van der Waals surface area contributed by atoms with Crippen LogP contribution in [0.15, 0.2) is 53.1 Å². The smallest absolute Gasteiger partial charge is 0.394 e. The summed E-state index contributed by atoms with van der Waals surface area (Å²) in [6.45, 7) is -0.568. The average molecular weight is 395 g/mol. The van der Waals surface area contributed by atoms with Gasteiger partial charge in [0, 0.05) is 11.1 Å². The molecule has 0 aliphatic heterocycles. The fourth-order valence-corrected chi connectivity index (χ4v) is 2.33. The minimum atomic E-state index is -4.46. The number of rotatable bonds is 5. The summed E-state index contributed by atoms with van der Waals surface area (Å²) in [4.78, 5) is 16.2. The lowest BCUT2D eigenvalue weighted by atomic mass is 10.1. The molecule has 1 atom stereocenters. The second kappa shape index (κ2) is 7.77. The standard InChI is InChI=1S/C18H13F4N3O3/c19-13-7-3-11(4-8-13)16(27)23-14(9-26)17-24-15(25-28-17)10-1-5-12(6-2-10)18(20,21)22/h1-8,14,26H,9H2,(H,23,27)/t14-/m0/s1. The topological polar surface area (TPSA) is 88.2 Å². The number of aliphatic hydroxyl groups is 1. The molecule has 1 amide bonds. The summed E-state index contributed by atoms with van der Waals surface area (Å²) in [5.41, 5.74) is -0.397. The minimum absolute atomic E-state index is 0.00166. The number of nitrogens with zero attached hydrogens (tertiary/aromatic N) is 2. The quantitative estimate of drug-likeness (QED) is 0.647. The first-order valence-electron chi connectivity index (χ1n) is 7.96. The van der Waals surface area contributed by atoms with Gasteiger partial charge in [-0.15, -0.1) is 0 Å². The summed E-state index contributed by atoms with van der Waals surface area (Å²) in [7, 11) is 0. The fourth-order valence-electron chi connectivity index (χ4n) is 2.33. The molecule has 146 valence electrons. The summed E-state index contributed by atoms with van der Waals surface area (Å²) in [5.74, 6) is -1.24. The molecular formula is C18H13F4N3O3. The molecule has 1 heterocycles. The summed E-state index contributed by atoms with van der Waals surface area (Å²) in [6, 6.07) is 7.83. The van der Waals surface area contributed by atoms with Crippen molar-refractivity contribution < 1.29 is 32.0 Å². The van der Waals surface area contributed by atoms with E-state index < -0.39 is 36.1 Å². The van der Waals surface area contributed by atoms with Gasteiger partial charge in [-0.25, -0.2) is 4.39 Å². The molecule has 0 unspecified atom stereocenters. The van der Waals surface area contributed by atoms with Gasteiger partial charge in [-0.2, -0.15) is 18.2 Å². The van der Waals surface area contributed by atoms with Gasteiger partial charge in [0.05, 0.1) is 12.2 Å². The van der Waals surface area contributed by atoms with E-state index in [9.17, 15) is 27.5 Å². The van der Waals surface area contributed by atoms with Gasteiger partial charge in [0.15, 0.2) is 0 Å². The maximum atomic E-state index is 12.9. The van der Waals surface area contributed by atoms with Crippen molar-refractivity contribution >= 4 is 5.91 Å². The van der Waals surface area contributed by atoms with Gasteiger partial charge >= 0.3 is 6.18 Å². The zero-order valence-corrected chi connectivity index (χ0v) is 14.1. The van der Waals surface area contributed by atoms with Crippen LogP contribution in [0.25, 0.3) is 11.4 Å². The molecule has 3 aromatic rings. The number of hydrogen-bond donors (Lipinski definition) is 2. The average Bonchev–Trinajstić information content (AvgIpc) is 3.16. The Balaban J connectivity index is 1.75. The minimum Gasteiger partial charge on any atom is -0.394 e. The van der Waals surface area contributed by atoms with Gasteiger partial charge in [-0.05, 0) is 36.4 Å². The molecule has 0 fully saturated rings. The van der Waals surface area contributed by atoms with Crippen LogP contribution in [0, 0.1) is 5.82 Å². The van der Waals surface area contributed by atoms with Gasteiger partial charge in [-0.1, -0.05) is 17.3 Å². The Morgan fingerprint density at radius 2 is 1.75 bits per heavy atom. The second-order valence-electron chi connectivity index (χ2n) is 5.75. The van der Waals surface area contributed by atoms with Crippen LogP contribution < -0.4 is 5.32 Å². The molecule has 28 heavy (non-hydrogen) atoms. The van der Waals surface area contributed by atoms with Crippen molar-refractivity contribution in [3.05, 3.63) is 71.4 Å². The maximum Gasteiger partial charge on any atom is 0.416 e. The first-order chi connectivity index (χ1) is 13.3. The van der Waals surface area contributed by atoms with E-state index in [4.69, 9.17) is 4.52 Å². The Kier molecular flexibility index (Phi) is 5.41. The van der Waals surface area contributed by atoms with E-state index in [2.05, 4.69) is 15.5 Å². The van der Waals surface area contributed by atoms with Gasteiger partial charge < -0.3 is 14.9 Å². The molecule has 0 spiro atoms. The number of benzene rings is 2. The summed E-state index contributed by atoms with van der Waals surface area (Å²) in [6.07, 6.45) is -4.46. The van der Waals surface area contributed by atoms with E-state index in [-0.39, 0.29) is 22.8 Å². The number of alkyl halides is 3. The van der Waals surface area contributed by atoms with Gasteiger partial charge in [-0.3, -0.25) is 4.79 Å². The number of halogens is 4. The molecule has 0 saturated carbocycles. The largest absolute Gasteiger partial charge is 0.416 e. The first-order valence-corrected chi connectivity index (χ1v) is 7.96. The number of amides is 1. The SMILES string of the molecule is O=C(N[C@@H](CO)c1nc(-c2ccc(C(F)(F)F)cc2)no1)c1ccc(F)cc1. The molecule has 1 aromatic heterocycles. The van der Waals surface area contributed by atoms with Crippen molar-refractivity contribution in [1.29, 1.82) is 0 Å². The van der Waals surface area contributed by atoms with Crippen molar-refractivity contribution in [3.63, 3.8) is 0 Å². The van der Waals surface area contributed by atoms with Crippen LogP contribution in [0.4, 0.5) is 17.6 Å². The molecule has 0 bridgehead atoms. The molecule has 0 saturated heterocycles. The predicted octanol–water partition coefficient (Wildman–Crippen LogP) is 3.36. The van der Waals surface area contributed by atoms with Crippen molar-refractivity contribution in [2.75, 3.05) is 6.61 Å². The Labute approximate surface area is 155 Å². The lowest BCUT2D eigenvalue weighted by Gasteiger charge is -2.12. The van der Waals surface area contributed by atoms with Crippen LogP contribution in [0.5, 0.6) is 0 Å². The highest BCUT2D eigenvalue weighted by Crippen LogP contribution is 2.30. The molecule has 0 radical (unpaired) electrons. The summed E-state index contributed by atoms with van der Waals surface area (Å²) < 4.78 is 55.8. The zero-order chi connectivity index (χ0) is 20.3. The van der Waals surface area contributed by atoms with Crippen molar-refractivity contribution in [2.45, 2.75) is 12.2 Å². The highest BCUT2D eigenvalue weighted by atomic mass is 19.4. The number of hydrogen-bond acceptors (Lipinski definition) is 5. The molecule has 0 aliphatic carbocycles. The lowest BCUT2D eigenvalue weighted by Crippen LogP contribution is -2.31. The van der Waals surface area contributed by atoms with E-state index in [1.54, 1.807) is 0 Å². The van der Waals surface area contributed by atoms with E-state index in [0.29, 0.717) is 0 Å². The number of carbonyl (C=O) groups is 1. The molecule has 2 N–H and O–H groups in total. The van der Waals surface area contributed by atoms with Gasteiger partial charge in [0.2, 0.25) is 5.82 Å². The van der Waals surface area contributed by atoms with E-state index >= 15 is 0 Å². The predicted molar refractivity (Wildman–Crippen MR) is 88.4 cm³/mol. The molecular weight excluding hydrogens is 382 g/mol. The fraction of sp³-hybridized carbons (Fsp3) is 0.167. The molecule has 6 nitrogen and oxygen atoms in total. The van der Waals surface area contributed by atoms with Crippen LogP contribution in [-0.2, 0) is 6.18 Å². The highest BCUT2D eigenvalue weighted by molar-refractivity contribution is 5.94. The Morgan fingerprint density at radius 1 is 1.11 bits per heavy atom. The van der Waals surface area contributed by atoms with Crippen molar-refractivity contribution in [2.24, 2.45) is 0 Å². The van der Waals surface area contributed by atoms with Crippen molar-refractivity contribution in [3.8, 4) is 11.4 Å². The normalized spacial score (nSPS) is 12.6. The number of aromatic nitrogens is 2. The van der Waals surface area contributed by atoms with Crippen LogP contribution in [0.3, 0.4) is 0 Å². The Bertz CT molecular complexity index is 953. The van der Waals surface area contributed by atoms with E-state index in [1.807, 2.05) is 0 Å². The highest BCUT2D eigenvalue weighted by Gasteiger charge is 2.30. The number of nitrogens with one attached hydrogen (secondary N) is 1. The van der Waals surface area contributed by atoms with Crippen LogP contribution in [0.1, 0.15) is 27.9 Å². The molecule has 10 heteroatoms. The molecule has 0 aliphatic rings. The zero-order valence-electron chi connectivity index (χ0n) is 14.1. The molecule has 3 rings (SSSR count). The molecule has 2 aromatic carbocycles.